The smallest absolute Gasteiger partial charge is 0.295 e. The largest absolute Gasteiger partial charge is 0.318 e. The lowest BCUT2D eigenvalue weighted by molar-refractivity contribution is -0.114. The summed E-state index contributed by atoms with van der Waals surface area (Å²) in [5.41, 5.74) is 3.01. The fourth-order valence-electron chi connectivity index (χ4n) is 3.96. The van der Waals surface area contributed by atoms with E-state index in [2.05, 4.69) is 5.32 Å². The molecule has 0 atom stereocenters. The van der Waals surface area contributed by atoms with Crippen LogP contribution in [0.15, 0.2) is 88.6 Å². The first kappa shape index (κ1) is 25.0. The number of rotatable bonds is 7. The number of aryl methyl sites for hydroxylation is 2. The number of sulfonamides is 1. The van der Waals surface area contributed by atoms with Crippen molar-refractivity contribution in [1.29, 1.82) is 0 Å². The molecule has 8 nitrogen and oxygen atoms in total. The number of amides is 1. The first-order chi connectivity index (χ1) is 17.1. The van der Waals surface area contributed by atoms with Crippen LogP contribution in [0.2, 0.25) is 0 Å². The first-order valence-electron chi connectivity index (χ1n) is 11.4. The average molecular weight is 505 g/mol. The molecule has 3 aromatic carbocycles. The highest BCUT2D eigenvalue weighted by Crippen LogP contribution is 2.25. The molecular weight excluding hydrogens is 476 g/mol. The van der Waals surface area contributed by atoms with Crippen LogP contribution in [-0.4, -0.2) is 30.2 Å². The van der Waals surface area contributed by atoms with Gasteiger partial charge in [-0.15, -0.1) is 0 Å². The maximum absolute atomic E-state index is 13.6. The lowest BCUT2D eigenvalue weighted by Crippen LogP contribution is -2.38. The third kappa shape index (κ3) is 4.83. The quantitative estimate of drug-likeness (QED) is 0.413. The molecule has 186 valence electrons. The molecule has 0 aliphatic carbocycles. The summed E-state index contributed by atoms with van der Waals surface area (Å²) < 4.78 is 31.4. The zero-order valence-electron chi connectivity index (χ0n) is 20.6. The van der Waals surface area contributed by atoms with Gasteiger partial charge in [0.25, 0.3) is 15.6 Å². The summed E-state index contributed by atoms with van der Waals surface area (Å²) in [5, 5.41) is 2.66. The molecule has 0 bridgehead atoms. The Kier molecular flexibility index (Phi) is 6.85. The highest BCUT2D eigenvalue weighted by atomic mass is 32.2. The zero-order valence-corrected chi connectivity index (χ0v) is 21.4. The van der Waals surface area contributed by atoms with Crippen molar-refractivity contribution in [3.8, 4) is 5.69 Å². The Hall–Kier alpha value is -4.11. The minimum absolute atomic E-state index is 0.0738. The molecule has 0 spiro atoms. The van der Waals surface area contributed by atoms with Crippen molar-refractivity contribution >= 4 is 27.3 Å². The molecule has 1 aromatic heterocycles. The van der Waals surface area contributed by atoms with E-state index in [4.69, 9.17) is 0 Å². The molecule has 0 saturated heterocycles. The molecule has 0 aliphatic rings. The van der Waals surface area contributed by atoms with Crippen LogP contribution in [0.25, 0.3) is 5.69 Å². The van der Waals surface area contributed by atoms with Crippen molar-refractivity contribution in [3.05, 3.63) is 106 Å². The second-order valence-electron chi connectivity index (χ2n) is 8.65. The van der Waals surface area contributed by atoms with E-state index in [1.165, 1.54) is 16.8 Å². The van der Waals surface area contributed by atoms with Gasteiger partial charge in [0.05, 0.1) is 22.0 Å². The number of hydrogen-bond acceptors (Lipinski definition) is 4. The average Bonchev–Trinajstić information content (AvgIpc) is 3.06. The number of hydrogen-bond donors (Lipinski definition) is 1. The number of carbonyl (C=O) groups is 1. The molecule has 0 radical (unpaired) electrons. The van der Waals surface area contributed by atoms with Gasteiger partial charge in [0.2, 0.25) is 5.91 Å². The maximum atomic E-state index is 13.6. The van der Waals surface area contributed by atoms with Crippen LogP contribution in [0.3, 0.4) is 0 Å². The monoisotopic (exact) mass is 504 g/mol. The maximum Gasteiger partial charge on any atom is 0.295 e. The summed E-state index contributed by atoms with van der Waals surface area (Å²) >= 11 is 0. The van der Waals surface area contributed by atoms with Gasteiger partial charge in [-0.1, -0.05) is 48.0 Å². The van der Waals surface area contributed by atoms with Crippen molar-refractivity contribution in [2.24, 2.45) is 7.05 Å². The summed E-state index contributed by atoms with van der Waals surface area (Å²) in [6.07, 6.45) is 0. The number of para-hydroxylation sites is 1. The Morgan fingerprint density at radius 1 is 0.889 bits per heavy atom. The highest BCUT2D eigenvalue weighted by molar-refractivity contribution is 7.92. The van der Waals surface area contributed by atoms with Crippen LogP contribution in [0.4, 0.5) is 11.4 Å². The molecule has 1 N–H and O–H groups in total. The Morgan fingerprint density at radius 3 is 2.19 bits per heavy atom. The molecule has 36 heavy (non-hydrogen) atoms. The fourth-order valence-corrected chi connectivity index (χ4v) is 5.37. The Bertz CT molecular complexity index is 1570. The van der Waals surface area contributed by atoms with Gasteiger partial charge in [0, 0.05) is 7.05 Å². The summed E-state index contributed by atoms with van der Waals surface area (Å²) in [5.74, 6) is -0.627. The number of nitrogens with zero attached hydrogens (tertiary/aromatic N) is 3. The topological polar surface area (TPSA) is 93.4 Å². The van der Waals surface area contributed by atoms with Crippen molar-refractivity contribution in [1.82, 2.24) is 9.36 Å². The Labute approximate surface area is 210 Å². The number of anilines is 2. The lowest BCUT2D eigenvalue weighted by atomic mass is 10.2. The predicted molar refractivity (Wildman–Crippen MR) is 141 cm³/mol. The lowest BCUT2D eigenvalue weighted by Gasteiger charge is -2.24. The second kappa shape index (κ2) is 9.87. The number of carbonyl (C=O) groups excluding carboxylic acids is 1. The molecule has 0 unspecified atom stereocenters. The van der Waals surface area contributed by atoms with Crippen molar-refractivity contribution < 1.29 is 13.2 Å². The van der Waals surface area contributed by atoms with Crippen LogP contribution in [0, 0.1) is 20.8 Å². The standard InChI is InChI=1S/C27H28N4O4S/c1-19-13-15-24(16-14-19)36(34,35)30(23-12-8-9-20(2)17-23)18-25(32)28-26-21(3)29(4)31(27(26)33)22-10-6-5-7-11-22/h5-17H,18H2,1-4H3,(H,28,32). The van der Waals surface area contributed by atoms with E-state index in [9.17, 15) is 18.0 Å². The summed E-state index contributed by atoms with van der Waals surface area (Å²) in [4.78, 5) is 26.5. The van der Waals surface area contributed by atoms with E-state index in [0.717, 1.165) is 15.4 Å². The fraction of sp³-hybridized carbons (Fsp3) is 0.185. The molecule has 4 rings (SSSR count). The number of aromatic nitrogens is 2. The molecular formula is C27H28N4O4S. The number of benzene rings is 3. The van der Waals surface area contributed by atoms with Crippen LogP contribution in [0.1, 0.15) is 16.8 Å². The van der Waals surface area contributed by atoms with Crippen LogP contribution >= 0.6 is 0 Å². The van der Waals surface area contributed by atoms with Gasteiger partial charge in [-0.3, -0.25) is 18.6 Å². The summed E-state index contributed by atoms with van der Waals surface area (Å²) in [6.45, 7) is 4.93. The van der Waals surface area contributed by atoms with E-state index in [-0.39, 0.29) is 10.6 Å². The van der Waals surface area contributed by atoms with E-state index < -0.39 is 28.0 Å². The number of nitrogens with one attached hydrogen (secondary N) is 1. The van der Waals surface area contributed by atoms with Crippen molar-refractivity contribution in [3.63, 3.8) is 0 Å². The van der Waals surface area contributed by atoms with E-state index in [0.29, 0.717) is 17.1 Å². The Balaban J connectivity index is 1.70. The van der Waals surface area contributed by atoms with Crippen molar-refractivity contribution in [2.75, 3.05) is 16.2 Å². The van der Waals surface area contributed by atoms with Gasteiger partial charge in [0.1, 0.15) is 12.2 Å². The van der Waals surface area contributed by atoms with Crippen LogP contribution in [-0.2, 0) is 21.9 Å². The SMILES string of the molecule is Cc1ccc(S(=O)(=O)N(CC(=O)Nc2c(C)n(C)n(-c3ccccc3)c2=O)c2cccc(C)c2)cc1. The van der Waals surface area contributed by atoms with Gasteiger partial charge < -0.3 is 5.32 Å². The highest BCUT2D eigenvalue weighted by Gasteiger charge is 2.28. The molecule has 1 heterocycles. The molecule has 0 aliphatic heterocycles. The normalized spacial score (nSPS) is 11.3. The molecule has 0 saturated carbocycles. The van der Waals surface area contributed by atoms with Gasteiger partial charge in [-0.2, -0.15) is 0 Å². The zero-order chi connectivity index (χ0) is 26.0. The summed E-state index contributed by atoms with van der Waals surface area (Å²) in [6, 6.07) is 22.5. The Morgan fingerprint density at radius 2 is 1.56 bits per heavy atom. The third-order valence-electron chi connectivity index (χ3n) is 6.00. The molecule has 0 fully saturated rings. The molecule has 4 aromatic rings. The van der Waals surface area contributed by atoms with Crippen LogP contribution < -0.4 is 15.2 Å². The van der Waals surface area contributed by atoms with Crippen LogP contribution in [0.5, 0.6) is 0 Å². The summed E-state index contributed by atoms with van der Waals surface area (Å²) in [7, 11) is -2.33. The van der Waals surface area contributed by atoms with Gasteiger partial charge in [-0.05, 0) is 62.7 Å². The van der Waals surface area contributed by atoms with Crippen molar-refractivity contribution in [2.45, 2.75) is 25.7 Å². The predicted octanol–water partition coefficient (Wildman–Crippen LogP) is 3.94. The minimum atomic E-state index is -4.06. The van der Waals surface area contributed by atoms with Gasteiger partial charge in [0.15, 0.2) is 0 Å². The van der Waals surface area contributed by atoms with E-state index in [1.807, 2.05) is 38.1 Å². The second-order valence-corrected chi connectivity index (χ2v) is 10.5. The van der Waals surface area contributed by atoms with E-state index >= 15 is 0 Å². The van der Waals surface area contributed by atoms with Gasteiger partial charge in [-0.25, -0.2) is 13.1 Å². The van der Waals surface area contributed by atoms with E-state index in [1.54, 1.807) is 61.1 Å². The first-order valence-corrected chi connectivity index (χ1v) is 12.8. The molecule has 1 amide bonds. The molecule has 9 heteroatoms. The minimum Gasteiger partial charge on any atom is -0.318 e. The van der Waals surface area contributed by atoms with Gasteiger partial charge >= 0.3 is 0 Å². The third-order valence-corrected chi connectivity index (χ3v) is 7.79.